The topological polar surface area (TPSA) is 38.9 Å². The first-order valence-corrected chi connectivity index (χ1v) is 6.60. The molecule has 0 amide bonds. The molecule has 4 heteroatoms. The largest absolute Gasteiger partial charge is 0.324 e. The summed E-state index contributed by atoms with van der Waals surface area (Å²) in [5, 5.41) is 2.13. The molecular formula is C11H11IN2S. The molecule has 0 aliphatic rings. The number of rotatable bonds is 3. The Kier molecular flexibility index (Phi) is 3.71. The van der Waals surface area contributed by atoms with Gasteiger partial charge in [0.05, 0.1) is 2.88 Å². The molecular weight excluding hydrogens is 319 g/mol. The Balaban J connectivity index is 2.07. The molecule has 2 N–H and O–H groups in total. The van der Waals surface area contributed by atoms with Crippen molar-refractivity contribution in [2.75, 3.05) is 0 Å². The number of pyridine rings is 1. The van der Waals surface area contributed by atoms with Gasteiger partial charge >= 0.3 is 0 Å². The Morgan fingerprint density at radius 3 is 3.00 bits per heavy atom. The molecule has 0 fully saturated rings. The molecule has 2 aromatic rings. The molecule has 0 aromatic carbocycles. The van der Waals surface area contributed by atoms with Crippen molar-refractivity contribution < 1.29 is 0 Å². The van der Waals surface area contributed by atoms with E-state index in [1.807, 2.05) is 12.3 Å². The highest BCUT2D eigenvalue weighted by atomic mass is 127. The summed E-state index contributed by atoms with van der Waals surface area (Å²) < 4.78 is 1.28. The molecule has 78 valence electrons. The summed E-state index contributed by atoms with van der Waals surface area (Å²) >= 11 is 4.05. The summed E-state index contributed by atoms with van der Waals surface area (Å²) in [5.74, 6) is 0. The number of hydrogen-bond donors (Lipinski definition) is 1. The first-order chi connectivity index (χ1) is 7.25. The highest BCUT2D eigenvalue weighted by Crippen LogP contribution is 2.23. The Hall–Kier alpha value is -0.460. The lowest BCUT2D eigenvalue weighted by Crippen LogP contribution is -2.12. The van der Waals surface area contributed by atoms with Crippen molar-refractivity contribution in [2.45, 2.75) is 12.5 Å². The lowest BCUT2D eigenvalue weighted by molar-refractivity contribution is 0.722. The van der Waals surface area contributed by atoms with Crippen LogP contribution in [-0.2, 0) is 6.42 Å². The number of aromatic nitrogens is 1. The summed E-state index contributed by atoms with van der Waals surface area (Å²) in [5.41, 5.74) is 8.52. The molecule has 0 saturated heterocycles. The SMILES string of the molecule is NC(Cc1cccnc1)c1csc(I)c1. The van der Waals surface area contributed by atoms with Crippen LogP contribution >= 0.6 is 33.9 Å². The molecule has 1 atom stereocenters. The fourth-order valence-corrected chi connectivity index (χ4v) is 2.85. The van der Waals surface area contributed by atoms with Crippen LogP contribution in [0.2, 0.25) is 0 Å². The highest BCUT2D eigenvalue weighted by Gasteiger charge is 2.08. The molecule has 0 radical (unpaired) electrons. The van der Waals surface area contributed by atoms with Crippen molar-refractivity contribution in [3.8, 4) is 0 Å². The third-order valence-corrected chi connectivity index (χ3v) is 4.00. The zero-order valence-electron chi connectivity index (χ0n) is 8.06. The van der Waals surface area contributed by atoms with Crippen molar-refractivity contribution in [3.63, 3.8) is 0 Å². The lowest BCUT2D eigenvalue weighted by atomic mass is 10.0. The molecule has 15 heavy (non-hydrogen) atoms. The normalized spacial score (nSPS) is 12.7. The van der Waals surface area contributed by atoms with E-state index in [9.17, 15) is 0 Å². The molecule has 0 spiro atoms. The molecule has 0 bridgehead atoms. The maximum atomic E-state index is 6.12. The van der Waals surface area contributed by atoms with Crippen molar-refractivity contribution >= 4 is 33.9 Å². The average Bonchev–Trinajstić information content (AvgIpc) is 2.66. The number of halogens is 1. The fraction of sp³-hybridized carbons (Fsp3) is 0.182. The number of thiophene rings is 1. The van der Waals surface area contributed by atoms with Gasteiger partial charge in [0.2, 0.25) is 0 Å². The second-order valence-corrected chi connectivity index (χ2v) is 6.16. The van der Waals surface area contributed by atoms with Crippen molar-refractivity contribution in [2.24, 2.45) is 5.73 Å². The first kappa shape index (κ1) is 11.0. The Bertz CT molecular complexity index is 427. The standard InChI is InChI=1S/C11H11IN2S/c12-11-5-9(7-15-11)10(13)4-8-2-1-3-14-6-8/h1-3,5-7,10H,4,13H2. The van der Waals surface area contributed by atoms with Gasteiger partial charge in [0, 0.05) is 18.4 Å². The zero-order valence-corrected chi connectivity index (χ0v) is 11.0. The van der Waals surface area contributed by atoms with E-state index in [2.05, 4.69) is 45.1 Å². The third kappa shape index (κ3) is 2.99. The van der Waals surface area contributed by atoms with Crippen LogP contribution in [0, 0.1) is 2.88 Å². The molecule has 2 aromatic heterocycles. The minimum absolute atomic E-state index is 0.0777. The molecule has 2 rings (SSSR count). The second kappa shape index (κ2) is 5.05. The van der Waals surface area contributed by atoms with Crippen molar-refractivity contribution in [3.05, 3.63) is 50.0 Å². The van der Waals surface area contributed by atoms with E-state index < -0.39 is 0 Å². The van der Waals surface area contributed by atoms with Crippen LogP contribution < -0.4 is 5.73 Å². The van der Waals surface area contributed by atoms with Crippen LogP contribution in [-0.4, -0.2) is 4.98 Å². The molecule has 0 aliphatic carbocycles. The van der Waals surface area contributed by atoms with Crippen molar-refractivity contribution in [1.82, 2.24) is 4.98 Å². The van der Waals surface area contributed by atoms with Gasteiger partial charge < -0.3 is 5.73 Å². The first-order valence-electron chi connectivity index (χ1n) is 4.64. The smallest absolute Gasteiger partial charge is 0.0656 e. The van der Waals surface area contributed by atoms with E-state index in [1.54, 1.807) is 17.5 Å². The van der Waals surface area contributed by atoms with E-state index in [-0.39, 0.29) is 6.04 Å². The maximum absolute atomic E-state index is 6.12. The van der Waals surface area contributed by atoms with Crippen molar-refractivity contribution in [1.29, 1.82) is 0 Å². The average molecular weight is 330 g/mol. The van der Waals surface area contributed by atoms with Crippen LogP contribution in [0.3, 0.4) is 0 Å². The van der Waals surface area contributed by atoms with Gasteiger partial charge in [-0.1, -0.05) is 6.07 Å². The van der Waals surface area contributed by atoms with Gasteiger partial charge in [0.15, 0.2) is 0 Å². The number of hydrogen-bond acceptors (Lipinski definition) is 3. The minimum Gasteiger partial charge on any atom is -0.324 e. The number of nitrogens with zero attached hydrogens (tertiary/aromatic N) is 1. The van der Waals surface area contributed by atoms with E-state index in [4.69, 9.17) is 5.73 Å². The highest BCUT2D eigenvalue weighted by molar-refractivity contribution is 14.1. The number of nitrogens with two attached hydrogens (primary N) is 1. The summed E-state index contributed by atoms with van der Waals surface area (Å²) in [6, 6.07) is 6.23. The summed E-state index contributed by atoms with van der Waals surface area (Å²) in [4.78, 5) is 4.08. The zero-order chi connectivity index (χ0) is 10.7. The fourth-order valence-electron chi connectivity index (χ4n) is 1.41. The van der Waals surface area contributed by atoms with Crippen LogP contribution in [0.15, 0.2) is 36.0 Å². The van der Waals surface area contributed by atoms with Gasteiger partial charge in [-0.25, -0.2) is 0 Å². The van der Waals surface area contributed by atoms with Crippen LogP contribution in [0.1, 0.15) is 17.2 Å². The Morgan fingerprint density at radius 2 is 2.40 bits per heavy atom. The molecule has 0 aliphatic heterocycles. The third-order valence-electron chi connectivity index (χ3n) is 2.19. The van der Waals surface area contributed by atoms with Crippen LogP contribution in [0.4, 0.5) is 0 Å². The van der Waals surface area contributed by atoms with Gasteiger partial charge in [0.1, 0.15) is 0 Å². The molecule has 1 unspecified atom stereocenters. The van der Waals surface area contributed by atoms with Gasteiger partial charge in [-0.15, -0.1) is 11.3 Å². The lowest BCUT2D eigenvalue weighted by Gasteiger charge is -2.08. The van der Waals surface area contributed by atoms with Gasteiger partial charge in [0.25, 0.3) is 0 Å². The Morgan fingerprint density at radius 1 is 1.53 bits per heavy atom. The van der Waals surface area contributed by atoms with Crippen LogP contribution in [0.25, 0.3) is 0 Å². The summed E-state index contributed by atoms with van der Waals surface area (Å²) in [6.07, 6.45) is 4.50. The Labute approximate surface area is 107 Å². The molecule has 2 nitrogen and oxygen atoms in total. The summed E-state index contributed by atoms with van der Waals surface area (Å²) in [7, 11) is 0. The quantitative estimate of drug-likeness (QED) is 0.879. The maximum Gasteiger partial charge on any atom is 0.0656 e. The van der Waals surface area contributed by atoms with E-state index in [0.717, 1.165) is 6.42 Å². The second-order valence-electron chi connectivity index (χ2n) is 3.36. The summed E-state index contributed by atoms with van der Waals surface area (Å²) in [6.45, 7) is 0. The van der Waals surface area contributed by atoms with Gasteiger partial charge in [-0.05, 0) is 57.7 Å². The van der Waals surface area contributed by atoms with E-state index in [0.29, 0.717) is 0 Å². The predicted molar refractivity (Wildman–Crippen MR) is 71.9 cm³/mol. The molecule has 2 heterocycles. The van der Waals surface area contributed by atoms with Gasteiger partial charge in [-0.3, -0.25) is 4.98 Å². The predicted octanol–water partition coefficient (Wildman–Crippen LogP) is 2.99. The van der Waals surface area contributed by atoms with Gasteiger partial charge in [-0.2, -0.15) is 0 Å². The monoisotopic (exact) mass is 330 g/mol. The van der Waals surface area contributed by atoms with E-state index >= 15 is 0 Å². The van der Waals surface area contributed by atoms with Crippen LogP contribution in [0.5, 0.6) is 0 Å². The van der Waals surface area contributed by atoms with E-state index in [1.165, 1.54) is 14.0 Å². The molecule has 0 saturated carbocycles. The minimum atomic E-state index is 0.0777.